The third-order valence-electron chi connectivity index (χ3n) is 2.93. The lowest BCUT2D eigenvalue weighted by Gasteiger charge is -2.18. The fourth-order valence-corrected chi connectivity index (χ4v) is 3.28. The molecule has 1 aromatic carbocycles. The zero-order valence-electron chi connectivity index (χ0n) is 12.8. The molecule has 0 saturated carbocycles. The number of ether oxygens (including phenoxy) is 1. The Morgan fingerprint density at radius 1 is 1.48 bits per heavy atom. The van der Waals surface area contributed by atoms with E-state index in [9.17, 15) is 4.79 Å². The number of benzene rings is 1. The first-order valence-corrected chi connectivity index (χ1v) is 8.60. The van der Waals surface area contributed by atoms with E-state index in [4.69, 9.17) is 9.57 Å². The summed E-state index contributed by atoms with van der Waals surface area (Å²) >= 11 is 4.73. The Labute approximate surface area is 146 Å². The minimum atomic E-state index is -0.541. The van der Waals surface area contributed by atoms with Crippen LogP contribution in [0.4, 0.5) is 9.93 Å². The molecule has 2 aromatic rings. The third kappa shape index (κ3) is 4.01. The van der Waals surface area contributed by atoms with Crippen LogP contribution in [0.5, 0.6) is 0 Å². The van der Waals surface area contributed by atoms with E-state index in [0.717, 1.165) is 20.4 Å². The average Bonchev–Trinajstić information content (AvgIpc) is 3.00. The Hall–Kier alpha value is -1.64. The van der Waals surface area contributed by atoms with E-state index in [1.165, 1.54) is 11.3 Å². The van der Waals surface area contributed by atoms with Crippen molar-refractivity contribution in [2.45, 2.75) is 32.5 Å². The number of amides is 1. The molecule has 1 amide bonds. The van der Waals surface area contributed by atoms with Crippen molar-refractivity contribution in [3.8, 4) is 0 Å². The predicted molar refractivity (Wildman–Crippen MR) is 93.4 cm³/mol. The van der Waals surface area contributed by atoms with Crippen molar-refractivity contribution >= 4 is 48.7 Å². The van der Waals surface area contributed by atoms with E-state index < -0.39 is 11.7 Å². The topological polar surface area (TPSA) is 72.5 Å². The smallest absolute Gasteiger partial charge is 0.413 e. The first-order valence-electron chi connectivity index (χ1n) is 7.00. The van der Waals surface area contributed by atoms with Crippen molar-refractivity contribution in [3.05, 3.63) is 34.4 Å². The standard InChI is InChI=1S/C15H16BrN3O3S/c1-15(2,3)21-14(20)18-13-17-9-5-4-8(6-11(9)23-13)10-7-12(16)19-22-10/h4-7,10,19H,1-3H3,(H,17,18,20)/t10-/m1/s1. The van der Waals surface area contributed by atoms with Gasteiger partial charge in [0, 0.05) is 0 Å². The molecule has 1 atom stereocenters. The van der Waals surface area contributed by atoms with Gasteiger partial charge in [-0.2, -0.15) is 0 Å². The molecule has 0 aliphatic carbocycles. The van der Waals surface area contributed by atoms with Crippen LogP contribution in [-0.4, -0.2) is 16.7 Å². The molecule has 6 nitrogen and oxygen atoms in total. The second-order valence-electron chi connectivity index (χ2n) is 6.03. The molecule has 8 heteroatoms. The maximum atomic E-state index is 11.8. The number of hydroxylamine groups is 1. The Morgan fingerprint density at radius 2 is 2.26 bits per heavy atom. The molecule has 0 fully saturated rings. The van der Waals surface area contributed by atoms with Crippen LogP contribution in [0.25, 0.3) is 10.2 Å². The molecule has 23 heavy (non-hydrogen) atoms. The molecular weight excluding hydrogens is 382 g/mol. The summed E-state index contributed by atoms with van der Waals surface area (Å²) in [5.74, 6) is 0. The minimum Gasteiger partial charge on any atom is -0.444 e. The summed E-state index contributed by atoms with van der Waals surface area (Å²) in [6.45, 7) is 5.45. The number of carbonyl (C=O) groups excluding carboxylic acids is 1. The number of anilines is 1. The first kappa shape index (κ1) is 16.2. The summed E-state index contributed by atoms with van der Waals surface area (Å²) in [6.07, 6.45) is 1.27. The van der Waals surface area contributed by atoms with E-state index in [1.807, 2.05) is 45.0 Å². The quantitative estimate of drug-likeness (QED) is 0.731. The van der Waals surface area contributed by atoms with Crippen LogP contribution in [0.2, 0.25) is 0 Å². The lowest BCUT2D eigenvalue weighted by atomic mass is 10.1. The van der Waals surface area contributed by atoms with Crippen LogP contribution in [0, 0.1) is 0 Å². The molecule has 1 aliphatic rings. The summed E-state index contributed by atoms with van der Waals surface area (Å²) in [6, 6.07) is 5.86. The van der Waals surface area contributed by atoms with Gasteiger partial charge in [-0.3, -0.25) is 15.6 Å². The number of hydrogen-bond donors (Lipinski definition) is 2. The number of carbonyl (C=O) groups is 1. The number of rotatable bonds is 2. The van der Waals surface area contributed by atoms with Crippen molar-refractivity contribution in [2.75, 3.05) is 5.32 Å². The third-order valence-corrected chi connectivity index (χ3v) is 4.29. The lowest BCUT2D eigenvalue weighted by Crippen LogP contribution is -2.27. The number of nitrogens with one attached hydrogen (secondary N) is 2. The summed E-state index contributed by atoms with van der Waals surface area (Å²) in [4.78, 5) is 21.6. The van der Waals surface area contributed by atoms with Gasteiger partial charge in [-0.05, 0) is 60.5 Å². The molecule has 0 saturated heterocycles. The monoisotopic (exact) mass is 397 g/mol. The zero-order valence-corrected chi connectivity index (χ0v) is 15.2. The molecule has 0 radical (unpaired) electrons. The van der Waals surface area contributed by atoms with Crippen LogP contribution in [0.15, 0.2) is 28.9 Å². The first-order chi connectivity index (χ1) is 10.8. The number of aromatic nitrogens is 1. The molecule has 1 aliphatic heterocycles. The Balaban J connectivity index is 1.78. The highest BCUT2D eigenvalue weighted by Crippen LogP contribution is 2.32. The Kier molecular flexibility index (Phi) is 4.31. The van der Waals surface area contributed by atoms with Gasteiger partial charge < -0.3 is 4.74 Å². The van der Waals surface area contributed by atoms with Gasteiger partial charge in [0.25, 0.3) is 0 Å². The normalized spacial score (nSPS) is 17.7. The SMILES string of the molecule is CC(C)(C)OC(=O)Nc1nc2ccc([C@H]3C=C(Br)NO3)cc2s1. The van der Waals surface area contributed by atoms with E-state index in [2.05, 4.69) is 31.7 Å². The van der Waals surface area contributed by atoms with E-state index in [1.54, 1.807) is 0 Å². The molecule has 2 heterocycles. The van der Waals surface area contributed by atoms with Gasteiger partial charge in [-0.15, -0.1) is 0 Å². The van der Waals surface area contributed by atoms with Crippen LogP contribution >= 0.6 is 27.3 Å². The van der Waals surface area contributed by atoms with E-state index in [0.29, 0.717) is 5.13 Å². The molecule has 0 bridgehead atoms. The number of thiazole rings is 1. The highest BCUT2D eigenvalue weighted by Gasteiger charge is 2.19. The second-order valence-corrected chi connectivity index (χ2v) is 7.91. The van der Waals surface area contributed by atoms with Crippen LogP contribution in [0.1, 0.15) is 32.4 Å². The minimum absolute atomic E-state index is 0.154. The van der Waals surface area contributed by atoms with Crippen LogP contribution < -0.4 is 10.8 Å². The molecule has 1 aromatic heterocycles. The van der Waals surface area contributed by atoms with Gasteiger partial charge in [0.2, 0.25) is 0 Å². The predicted octanol–water partition coefficient (Wildman–Crippen LogP) is 4.46. The van der Waals surface area contributed by atoms with Crippen molar-refractivity contribution in [2.24, 2.45) is 0 Å². The number of nitrogens with zero attached hydrogens (tertiary/aromatic N) is 1. The highest BCUT2D eigenvalue weighted by molar-refractivity contribution is 9.11. The van der Waals surface area contributed by atoms with Crippen LogP contribution in [-0.2, 0) is 9.57 Å². The molecule has 3 rings (SSSR count). The summed E-state index contributed by atoms with van der Waals surface area (Å²) in [7, 11) is 0. The van der Waals surface area contributed by atoms with Gasteiger partial charge in [-0.25, -0.2) is 9.78 Å². The van der Waals surface area contributed by atoms with Gasteiger partial charge in [0.05, 0.1) is 10.2 Å². The lowest BCUT2D eigenvalue weighted by molar-refractivity contribution is 0.0459. The number of fused-ring (bicyclic) bond motifs is 1. The zero-order chi connectivity index (χ0) is 16.6. The van der Waals surface area contributed by atoms with Gasteiger partial charge in [-0.1, -0.05) is 17.4 Å². The fraction of sp³-hybridized carbons (Fsp3) is 0.333. The van der Waals surface area contributed by atoms with Gasteiger partial charge >= 0.3 is 6.09 Å². The molecule has 0 unspecified atom stereocenters. The van der Waals surface area contributed by atoms with Crippen molar-refractivity contribution in [1.82, 2.24) is 10.5 Å². The van der Waals surface area contributed by atoms with Gasteiger partial charge in [0.15, 0.2) is 5.13 Å². The Morgan fingerprint density at radius 3 is 2.91 bits per heavy atom. The Bertz CT molecular complexity index is 782. The number of halogens is 1. The van der Waals surface area contributed by atoms with E-state index in [-0.39, 0.29) is 6.10 Å². The summed E-state index contributed by atoms with van der Waals surface area (Å²) < 4.78 is 7.00. The molecular formula is C15H16BrN3O3S. The molecule has 2 N–H and O–H groups in total. The van der Waals surface area contributed by atoms with Crippen molar-refractivity contribution in [1.29, 1.82) is 0 Å². The highest BCUT2D eigenvalue weighted by atomic mass is 79.9. The average molecular weight is 398 g/mol. The maximum Gasteiger partial charge on any atom is 0.413 e. The summed E-state index contributed by atoms with van der Waals surface area (Å²) in [5, 5.41) is 3.18. The second kappa shape index (κ2) is 6.10. The molecule has 122 valence electrons. The van der Waals surface area contributed by atoms with Gasteiger partial charge in [0.1, 0.15) is 16.3 Å². The summed E-state index contributed by atoms with van der Waals surface area (Å²) in [5.41, 5.74) is 4.04. The number of hydrogen-bond acceptors (Lipinski definition) is 6. The largest absolute Gasteiger partial charge is 0.444 e. The van der Waals surface area contributed by atoms with Crippen molar-refractivity contribution in [3.63, 3.8) is 0 Å². The van der Waals surface area contributed by atoms with E-state index >= 15 is 0 Å². The van der Waals surface area contributed by atoms with Crippen molar-refractivity contribution < 1.29 is 14.4 Å². The fourth-order valence-electron chi connectivity index (χ4n) is 2.05. The maximum absolute atomic E-state index is 11.8. The van der Waals surface area contributed by atoms with Crippen LogP contribution in [0.3, 0.4) is 0 Å². The molecule has 0 spiro atoms.